The standard InChI is InChI=1S/C13H16N4O3S/c18-13-10-5-1-2-6-11(10)15-12(16-13)9-14-21(19,20)17-7-3-4-8-17/h1-2,5-6,14H,3-4,7-9H2,(H,15,16,18). The molecule has 1 fully saturated rings. The molecular weight excluding hydrogens is 292 g/mol. The highest BCUT2D eigenvalue weighted by Gasteiger charge is 2.24. The van der Waals surface area contributed by atoms with E-state index in [-0.39, 0.29) is 12.1 Å². The fourth-order valence-electron chi connectivity index (χ4n) is 2.40. The summed E-state index contributed by atoms with van der Waals surface area (Å²) in [7, 11) is -3.50. The minimum Gasteiger partial charge on any atom is -0.309 e. The first-order chi connectivity index (χ1) is 10.1. The van der Waals surface area contributed by atoms with E-state index >= 15 is 0 Å². The molecule has 0 aliphatic carbocycles. The molecule has 1 saturated heterocycles. The van der Waals surface area contributed by atoms with Crippen molar-refractivity contribution in [3.05, 3.63) is 40.4 Å². The van der Waals surface area contributed by atoms with E-state index in [1.54, 1.807) is 24.3 Å². The normalized spacial score (nSPS) is 16.6. The van der Waals surface area contributed by atoms with Gasteiger partial charge in [0.25, 0.3) is 15.8 Å². The Balaban J connectivity index is 1.81. The fraction of sp³-hybridized carbons (Fsp3) is 0.385. The Labute approximate surface area is 122 Å². The van der Waals surface area contributed by atoms with Crippen molar-refractivity contribution >= 4 is 21.1 Å². The van der Waals surface area contributed by atoms with Gasteiger partial charge in [-0.05, 0) is 25.0 Å². The highest BCUT2D eigenvalue weighted by molar-refractivity contribution is 7.87. The molecule has 0 bridgehead atoms. The van der Waals surface area contributed by atoms with Crippen molar-refractivity contribution in [3.8, 4) is 0 Å². The Morgan fingerprint density at radius 1 is 1.24 bits per heavy atom. The van der Waals surface area contributed by atoms with E-state index in [2.05, 4.69) is 14.7 Å². The highest BCUT2D eigenvalue weighted by atomic mass is 32.2. The lowest BCUT2D eigenvalue weighted by molar-refractivity contribution is 0.463. The average Bonchev–Trinajstić information content (AvgIpc) is 3.00. The Hall–Kier alpha value is -1.77. The molecule has 8 heteroatoms. The van der Waals surface area contributed by atoms with Crippen LogP contribution in [0.25, 0.3) is 10.9 Å². The Kier molecular flexibility index (Phi) is 3.75. The van der Waals surface area contributed by atoms with Crippen LogP contribution >= 0.6 is 0 Å². The second-order valence-electron chi connectivity index (χ2n) is 4.96. The van der Waals surface area contributed by atoms with Gasteiger partial charge in [0, 0.05) is 13.1 Å². The lowest BCUT2D eigenvalue weighted by Gasteiger charge is -2.15. The first-order valence-corrected chi connectivity index (χ1v) is 8.23. The molecule has 0 spiro atoms. The van der Waals surface area contributed by atoms with Crippen LogP contribution in [-0.2, 0) is 16.8 Å². The monoisotopic (exact) mass is 308 g/mol. The summed E-state index contributed by atoms with van der Waals surface area (Å²) in [4.78, 5) is 18.8. The molecule has 0 radical (unpaired) electrons. The molecule has 0 saturated carbocycles. The Morgan fingerprint density at radius 3 is 2.71 bits per heavy atom. The molecule has 21 heavy (non-hydrogen) atoms. The van der Waals surface area contributed by atoms with E-state index in [4.69, 9.17) is 0 Å². The number of aromatic amines is 1. The van der Waals surface area contributed by atoms with Crippen molar-refractivity contribution in [2.75, 3.05) is 13.1 Å². The summed E-state index contributed by atoms with van der Waals surface area (Å²) in [6.07, 6.45) is 1.76. The average molecular weight is 308 g/mol. The van der Waals surface area contributed by atoms with Gasteiger partial charge in [0.05, 0.1) is 17.4 Å². The molecule has 1 aliphatic heterocycles. The first-order valence-electron chi connectivity index (χ1n) is 6.79. The van der Waals surface area contributed by atoms with E-state index < -0.39 is 10.2 Å². The number of para-hydroxylation sites is 1. The zero-order chi connectivity index (χ0) is 14.9. The molecule has 2 N–H and O–H groups in total. The van der Waals surface area contributed by atoms with Crippen LogP contribution < -0.4 is 10.3 Å². The molecule has 2 aromatic rings. The highest BCUT2D eigenvalue weighted by Crippen LogP contribution is 2.11. The van der Waals surface area contributed by atoms with E-state index in [9.17, 15) is 13.2 Å². The molecule has 3 rings (SSSR count). The number of H-pyrrole nitrogens is 1. The van der Waals surface area contributed by atoms with Gasteiger partial charge in [0.2, 0.25) is 0 Å². The van der Waals surface area contributed by atoms with Gasteiger partial charge >= 0.3 is 0 Å². The van der Waals surface area contributed by atoms with Crippen LogP contribution in [0.15, 0.2) is 29.1 Å². The molecule has 1 aromatic carbocycles. The largest absolute Gasteiger partial charge is 0.309 e. The number of benzene rings is 1. The predicted molar refractivity (Wildman–Crippen MR) is 78.9 cm³/mol. The maximum absolute atomic E-state index is 12.0. The van der Waals surface area contributed by atoms with Crippen molar-refractivity contribution in [1.29, 1.82) is 0 Å². The zero-order valence-corrected chi connectivity index (χ0v) is 12.2. The van der Waals surface area contributed by atoms with Crippen molar-refractivity contribution < 1.29 is 8.42 Å². The van der Waals surface area contributed by atoms with Crippen LogP contribution in [-0.4, -0.2) is 35.8 Å². The summed E-state index contributed by atoms with van der Waals surface area (Å²) in [5, 5.41) is 0.489. The van der Waals surface area contributed by atoms with E-state index in [1.807, 2.05) is 0 Å². The van der Waals surface area contributed by atoms with Crippen molar-refractivity contribution in [1.82, 2.24) is 19.0 Å². The van der Waals surface area contributed by atoms with Crippen molar-refractivity contribution in [2.45, 2.75) is 19.4 Å². The van der Waals surface area contributed by atoms with Crippen LogP contribution in [0.4, 0.5) is 0 Å². The molecule has 112 valence electrons. The topological polar surface area (TPSA) is 95.2 Å². The van der Waals surface area contributed by atoms with E-state index in [0.29, 0.717) is 29.8 Å². The van der Waals surface area contributed by atoms with E-state index in [1.165, 1.54) is 4.31 Å². The van der Waals surface area contributed by atoms with Gasteiger partial charge in [-0.2, -0.15) is 17.4 Å². The van der Waals surface area contributed by atoms with E-state index in [0.717, 1.165) is 12.8 Å². The van der Waals surface area contributed by atoms with Gasteiger partial charge in [-0.15, -0.1) is 0 Å². The fourth-order valence-corrected chi connectivity index (χ4v) is 3.64. The third kappa shape index (κ3) is 2.97. The second kappa shape index (κ2) is 5.55. The first kappa shape index (κ1) is 14.2. The summed E-state index contributed by atoms with van der Waals surface area (Å²) in [5.41, 5.74) is 0.285. The maximum atomic E-state index is 12.0. The molecule has 0 unspecified atom stereocenters. The molecule has 0 atom stereocenters. The third-order valence-corrected chi connectivity index (χ3v) is 5.04. The second-order valence-corrected chi connectivity index (χ2v) is 6.72. The molecule has 1 aliphatic rings. The quantitative estimate of drug-likeness (QED) is 0.852. The number of fused-ring (bicyclic) bond motifs is 1. The van der Waals surface area contributed by atoms with Crippen molar-refractivity contribution in [2.24, 2.45) is 0 Å². The Bertz CT molecular complexity index is 810. The summed E-state index contributed by atoms with van der Waals surface area (Å²) < 4.78 is 28.0. The van der Waals surface area contributed by atoms with Gasteiger partial charge in [-0.3, -0.25) is 4.79 Å². The number of hydrogen-bond acceptors (Lipinski definition) is 4. The summed E-state index contributed by atoms with van der Waals surface area (Å²) in [6, 6.07) is 6.95. The third-order valence-electron chi connectivity index (χ3n) is 3.49. The SMILES string of the molecule is O=c1[nH]c(CNS(=O)(=O)N2CCCC2)nc2ccccc12. The predicted octanol–water partition coefficient (Wildman–Crippen LogP) is 0.353. The van der Waals surface area contributed by atoms with Crippen LogP contribution in [0, 0.1) is 0 Å². The summed E-state index contributed by atoms with van der Waals surface area (Å²) in [6.45, 7) is 1.05. The van der Waals surface area contributed by atoms with Crippen LogP contribution in [0.2, 0.25) is 0 Å². The Morgan fingerprint density at radius 2 is 1.95 bits per heavy atom. The summed E-state index contributed by atoms with van der Waals surface area (Å²) >= 11 is 0. The van der Waals surface area contributed by atoms with Gasteiger partial charge < -0.3 is 4.98 Å². The minimum absolute atomic E-state index is 0.0289. The lowest BCUT2D eigenvalue weighted by Crippen LogP contribution is -2.39. The minimum atomic E-state index is -3.50. The van der Waals surface area contributed by atoms with Gasteiger partial charge in [0.1, 0.15) is 5.82 Å². The number of rotatable bonds is 4. The van der Waals surface area contributed by atoms with Crippen LogP contribution in [0.1, 0.15) is 18.7 Å². The van der Waals surface area contributed by atoms with Crippen LogP contribution in [0.3, 0.4) is 0 Å². The smallest absolute Gasteiger partial charge is 0.279 e. The maximum Gasteiger partial charge on any atom is 0.279 e. The molecule has 7 nitrogen and oxygen atoms in total. The van der Waals surface area contributed by atoms with Gasteiger partial charge in [-0.25, -0.2) is 4.98 Å². The zero-order valence-electron chi connectivity index (χ0n) is 11.4. The number of hydrogen-bond donors (Lipinski definition) is 2. The molecular formula is C13H16N4O3S. The summed E-state index contributed by atoms with van der Waals surface area (Å²) in [5.74, 6) is 0.307. The molecule has 1 aromatic heterocycles. The number of nitrogens with one attached hydrogen (secondary N) is 2. The number of nitrogens with zero attached hydrogens (tertiary/aromatic N) is 2. The van der Waals surface area contributed by atoms with Crippen LogP contribution in [0.5, 0.6) is 0 Å². The lowest BCUT2D eigenvalue weighted by atomic mass is 10.2. The number of aromatic nitrogens is 2. The molecule has 2 heterocycles. The van der Waals surface area contributed by atoms with Crippen molar-refractivity contribution in [3.63, 3.8) is 0 Å². The van der Waals surface area contributed by atoms with Gasteiger partial charge in [-0.1, -0.05) is 12.1 Å². The van der Waals surface area contributed by atoms with Gasteiger partial charge in [0.15, 0.2) is 0 Å². The molecule has 0 amide bonds.